The van der Waals surface area contributed by atoms with Crippen LogP contribution in [0.15, 0.2) is 35.4 Å². The summed E-state index contributed by atoms with van der Waals surface area (Å²) in [4.78, 5) is 53.1. The van der Waals surface area contributed by atoms with Crippen LogP contribution >= 0.6 is 11.3 Å². The number of Topliss-reactive ketones (excluding diaryl/α,β-unsaturated/α-hetero) is 1. The molecule has 0 aliphatic heterocycles. The molecular formula is C20H19N3O5S. The number of carbonyl (C=O) groups is 3. The molecule has 0 aliphatic carbocycles. The van der Waals surface area contributed by atoms with Crippen molar-refractivity contribution in [1.29, 1.82) is 0 Å². The number of carbonyl (C=O) groups excluding carboxylic acids is 2. The smallest absolute Gasteiger partial charge is 0.346 e. The zero-order valence-electron chi connectivity index (χ0n) is 16.1. The van der Waals surface area contributed by atoms with Crippen molar-refractivity contribution in [2.24, 2.45) is 0 Å². The summed E-state index contributed by atoms with van der Waals surface area (Å²) < 4.78 is 1.23. The number of nitrogens with zero attached hydrogens (tertiary/aromatic N) is 2. The third-order valence-corrected chi connectivity index (χ3v) is 5.84. The number of carboxylic acid groups (broad SMARTS) is 1. The zero-order valence-corrected chi connectivity index (χ0v) is 16.9. The van der Waals surface area contributed by atoms with Crippen LogP contribution in [0.25, 0.3) is 10.2 Å². The van der Waals surface area contributed by atoms with Crippen molar-refractivity contribution in [1.82, 2.24) is 9.55 Å². The Morgan fingerprint density at radius 1 is 1.24 bits per heavy atom. The predicted molar refractivity (Wildman–Crippen MR) is 110 cm³/mol. The number of anilines is 1. The summed E-state index contributed by atoms with van der Waals surface area (Å²) in [6.07, 6.45) is 1.61. The first-order valence-electron chi connectivity index (χ1n) is 8.90. The molecule has 150 valence electrons. The van der Waals surface area contributed by atoms with Crippen LogP contribution in [-0.2, 0) is 4.79 Å². The van der Waals surface area contributed by atoms with Gasteiger partial charge < -0.3 is 10.4 Å². The number of ketones is 1. The van der Waals surface area contributed by atoms with Crippen LogP contribution in [0.2, 0.25) is 0 Å². The van der Waals surface area contributed by atoms with Gasteiger partial charge in [0.25, 0.3) is 5.56 Å². The third-order valence-electron chi connectivity index (χ3n) is 4.65. The number of aromatic carboxylic acids is 1. The minimum absolute atomic E-state index is 0.0606. The molecule has 0 aliphatic rings. The molecule has 3 rings (SSSR count). The number of hydrogen-bond donors (Lipinski definition) is 2. The monoisotopic (exact) mass is 413 g/mol. The molecule has 9 heteroatoms. The number of fused-ring (bicyclic) bond motifs is 1. The van der Waals surface area contributed by atoms with Crippen LogP contribution in [0.3, 0.4) is 0 Å². The van der Waals surface area contributed by atoms with E-state index < -0.39 is 23.5 Å². The summed E-state index contributed by atoms with van der Waals surface area (Å²) >= 11 is 0.937. The highest BCUT2D eigenvalue weighted by molar-refractivity contribution is 7.20. The van der Waals surface area contributed by atoms with Crippen LogP contribution in [-0.4, -0.2) is 32.3 Å². The molecule has 29 heavy (non-hydrogen) atoms. The predicted octanol–water partition coefficient (Wildman–Crippen LogP) is 3.26. The molecule has 3 aromatic rings. The van der Waals surface area contributed by atoms with Crippen molar-refractivity contribution in [3.8, 4) is 0 Å². The highest BCUT2D eigenvalue weighted by Gasteiger charge is 2.24. The Morgan fingerprint density at radius 2 is 1.90 bits per heavy atom. The van der Waals surface area contributed by atoms with Gasteiger partial charge in [-0.05, 0) is 50.1 Å². The molecule has 1 amide bonds. The van der Waals surface area contributed by atoms with Crippen molar-refractivity contribution in [2.45, 2.75) is 33.2 Å². The van der Waals surface area contributed by atoms with E-state index in [4.69, 9.17) is 0 Å². The number of aryl methyl sites for hydroxylation is 1. The standard InChI is InChI=1S/C20H19N3O5S/c1-4-14(17(25)22-13-7-5-12(6-8-13)11(3)24)23-9-21-18-15(19(23)26)10(2)16(29-18)20(27)28/h5-9,14H,4H2,1-3H3,(H,22,25)(H,27,28). The van der Waals surface area contributed by atoms with Gasteiger partial charge in [-0.1, -0.05) is 6.92 Å². The van der Waals surface area contributed by atoms with Crippen molar-refractivity contribution in [3.05, 3.63) is 57.0 Å². The maximum Gasteiger partial charge on any atom is 0.346 e. The number of rotatable bonds is 6. The van der Waals surface area contributed by atoms with Gasteiger partial charge in [0.1, 0.15) is 15.7 Å². The lowest BCUT2D eigenvalue weighted by molar-refractivity contribution is -0.119. The van der Waals surface area contributed by atoms with Crippen LogP contribution in [0.1, 0.15) is 51.9 Å². The molecule has 0 radical (unpaired) electrons. The van der Waals surface area contributed by atoms with Gasteiger partial charge >= 0.3 is 5.97 Å². The first-order chi connectivity index (χ1) is 13.7. The lowest BCUT2D eigenvalue weighted by Crippen LogP contribution is -2.33. The van der Waals surface area contributed by atoms with E-state index in [2.05, 4.69) is 10.3 Å². The Bertz CT molecular complexity index is 1180. The number of amides is 1. The topological polar surface area (TPSA) is 118 Å². The Morgan fingerprint density at radius 3 is 2.45 bits per heavy atom. The molecule has 0 saturated carbocycles. The van der Waals surface area contributed by atoms with E-state index in [-0.39, 0.29) is 16.0 Å². The van der Waals surface area contributed by atoms with Gasteiger partial charge in [0.15, 0.2) is 5.78 Å². The van der Waals surface area contributed by atoms with E-state index in [9.17, 15) is 24.3 Å². The van der Waals surface area contributed by atoms with Crippen molar-refractivity contribution in [2.75, 3.05) is 5.32 Å². The van der Waals surface area contributed by atoms with E-state index >= 15 is 0 Å². The fraction of sp³-hybridized carbons (Fsp3) is 0.250. The summed E-state index contributed by atoms with van der Waals surface area (Å²) in [5.41, 5.74) is 0.924. The average Bonchev–Trinajstić information content (AvgIpc) is 3.02. The van der Waals surface area contributed by atoms with Crippen molar-refractivity contribution < 1.29 is 19.5 Å². The molecule has 0 bridgehead atoms. The summed E-state index contributed by atoms with van der Waals surface area (Å²) in [5, 5.41) is 12.2. The van der Waals surface area contributed by atoms with Crippen LogP contribution in [0, 0.1) is 6.92 Å². The molecule has 1 unspecified atom stereocenters. The molecule has 1 atom stereocenters. The minimum atomic E-state index is -1.12. The first-order valence-corrected chi connectivity index (χ1v) is 9.71. The summed E-state index contributed by atoms with van der Waals surface area (Å²) in [5.74, 6) is -1.60. The van der Waals surface area contributed by atoms with E-state index in [1.54, 1.807) is 38.1 Å². The van der Waals surface area contributed by atoms with Crippen molar-refractivity contribution in [3.63, 3.8) is 0 Å². The van der Waals surface area contributed by atoms with Gasteiger partial charge in [-0.25, -0.2) is 9.78 Å². The fourth-order valence-corrected chi connectivity index (χ4v) is 4.06. The Hall–Kier alpha value is -3.33. The van der Waals surface area contributed by atoms with Gasteiger partial charge in [0.2, 0.25) is 5.91 Å². The van der Waals surface area contributed by atoms with Gasteiger partial charge in [0.05, 0.1) is 11.7 Å². The first kappa shape index (κ1) is 20.4. The largest absolute Gasteiger partial charge is 0.477 e. The molecular weight excluding hydrogens is 394 g/mol. The van der Waals surface area contributed by atoms with Crippen LogP contribution < -0.4 is 10.9 Å². The molecule has 1 aromatic carbocycles. The number of thiophene rings is 1. The van der Waals surface area contributed by atoms with Crippen LogP contribution in [0.4, 0.5) is 5.69 Å². The SMILES string of the molecule is CCC(C(=O)Nc1ccc(C(C)=O)cc1)n1cnc2sc(C(=O)O)c(C)c2c1=O. The lowest BCUT2D eigenvalue weighted by Gasteiger charge is -2.17. The normalized spacial score (nSPS) is 12.0. The van der Waals surface area contributed by atoms with E-state index in [1.807, 2.05) is 0 Å². The zero-order chi connectivity index (χ0) is 21.3. The number of hydrogen-bond acceptors (Lipinski definition) is 6. The molecule has 2 heterocycles. The van der Waals surface area contributed by atoms with Gasteiger partial charge in [-0.2, -0.15) is 0 Å². The number of aromatic nitrogens is 2. The molecule has 8 nitrogen and oxygen atoms in total. The quantitative estimate of drug-likeness (QED) is 0.599. The summed E-state index contributed by atoms with van der Waals surface area (Å²) in [6, 6.07) is 5.64. The second kappa shape index (κ2) is 7.96. The Labute approximate surface area is 169 Å². The molecule has 0 saturated heterocycles. The second-order valence-corrected chi connectivity index (χ2v) is 7.54. The number of carboxylic acids is 1. The average molecular weight is 413 g/mol. The summed E-state index contributed by atoms with van der Waals surface area (Å²) in [7, 11) is 0. The van der Waals surface area contributed by atoms with E-state index in [1.165, 1.54) is 17.8 Å². The number of nitrogens with one attached hydrogen (secondary N) is 1. The summed E-state index contributed by atoms with van der Waals surface area (Å²) in [6.45, 7) is 4.79. The molecule has 0 fully saturated rings. The maximum absolute atomic E-state index is 13.0. The molecule has 2 N–H and O–H groups in total. The minimum Gasteiger partial charge on any atom is -0.477 e. The van der Waals surface area contributed by atoms with Gasteiger partial charge in [0, 0.05) is 11.3 Å². The van der Waals surface area contributed by atoms with Crippen molar-refractivity contribution >= 4 is 44.9 Å². The Balaban J connectivity index is 1.95. The van der Waals surface area contributed by atoms with Crippen LogP contribution in [0.5, 0.6) is 0 Å². The third kappa shape index (κ3) is 3.81. The highest BCUT2D eigenvalue weighted by Crippen LogP contribution is 2.27. The molecule has 2 aromatic heterocycles. The fourth-order valence-electron chi connectivity index (χ4n) is 3.09. The second-order valence-electron chi connectivity index (χ2n) is 6.55. The maximum atomic E-state index is 13.0. The van der Waals surface area contributed by atoms with E-state index in [0.717, 1.165) is 11.3 Å². The lowest BCUT2D eigenvalue weighted by atomic mass is 10.1. The van der Waals surface area contributed by atoms with Gasteiger partial charge in [-0.3, -0.25) is 19.0 Å². The number of benzene rings is 1. The molecule has 0 spiro atoms. The van der Waals surface area contributed by atoms with E-state index in [0.29, 0.717) is 28.1 Å². The Kier molecular flexibility index (Phi) is 5.60. The van der Waals surface area contributed by atoms with Gasteiger partial charge in [-0.15, -0.1) is 11.3 Å². The highest BCUT2D eigenvalue weighted by atomic mass is 32.1.